The van der Waals surface area contributed by atoms with Crippen LogP contribution < -0.4 is 5.73 Å². The van der Waals surface area contributed by atoms with E-state index in [-0.39, 0.29) is 5.97 Å². The summed E-state index contributed by atoms with van der Waals surface area (Å²) in [5.74, 6) is -0.0693. The van der Waals surface area contributed by atoms with Gasteiger partial charge in [0, 0.05) is 6.42 Å². The van der Waals surface area contributed by atoms with E-state index in [1.165, 1.54) is 19.3 Å². The zero-order valence-electron chi connectivity index (χ0n) is 8.68. The van der Waals surface area contributed by atoms with E-state index in [1.807, 2.05) is 0 Å². The molecule has 0 aromatic heterocycles. The molecule has 0 saturated carbocycles. The summed E-state index contributed by atoms with van der Waals surface area (Å²) in [4.78, 5) is 11.0. The number of unbranched alkanes of at least 4 members (excludes halogenated alkanes) is 3. The molecule has 0 saturated heterocycles. The van der Waals surface area contributed by atoms with Crippen LogP contribution in [-0.2, 0) is 9.53 Å². The van der Waals surface area contributed by atoms with Crippen molar-refractivity contribution >= 4 is 5.97 Å². The van der Waals surface area contributed by atoms with Crippen molar-refractivity contribution in [3.8, 4) is 0 Å². The van der Waals surface area contributed by atoms with E-state index in [0.717, 1.165) is 19.4 Å². The summed E-state index contributed by atoms with van der Waals surface area (Å²) in [5, 5.41) is 0. The van der Waals surface area contributed by atoms with Crippen molar-refractivity contribution in [1.82, 2.24) is 0 Å². The minimum absolute atomic E-state index is 0.0693. The average molecular weight is 188 g/mol. The predicted octanol–water partition coefficient (Wildman–Crippen LogP) is 1.13. The van der Waals surface area contributed by atoms with Crippen LogP contribution in [0.15, 0.2) is 0 Å². The highest BCUT2D eigenvalue weighted by Gasteiger charge is 2.01. The van der Waals surface area contributed by atoms with Crippen LogP contribution in [0.25, 0.3) is 0 Å². The van der Waals surface area contributed by atoms with Crippen LogP contribution in [0.2, 0.25) is 0 Å². The van der Waals surface area contributed by atoms with Crippen molar-refractivity contribution in [2.24, 2.45) is 0 Å². The molecule has 0 spiro atoms. The molecule has 78 valence electrons. The molecule has 3 heteroatoms. The first kappa shape index (κ1) is 12.4. The van der Waals surface area contributed by atoms with Crippen molar-refractivity contribution in [2.45, 2.75) is 45.4 Å². The summed E-state index contributed by atoms with van der Waals surface area (Å²) < 4.78 is 5.02. The molecule has 0 bridgehead atoms. The van der Waals surface area contributed by atoms with Gasteiger partial charge in [0.2, 0.25) is 0 Å². The van der Waals surface area contributed by atoms with E-state index in [1.54, 1.807) is 0 Å². The van der Waals surface area contributed by atoms with Crippen molar-refractivity contribution in [1.29, 1.82) is 0 Å². The summed E-state index contributed by atoms with van der Waals surface area (Å²) in [7, 11) is 0. The van der Waals surface area contributed by atoms with Gasteiger partial charge in [0.05, 0.1) is 19.6 Å². The number of rotatable bonds is 8. The number of hydrogen-bond donors (Lipinski definition) is 1. The number of ether oxygens (including phenoxy) is 1. The zero-order chi connectivity index (χ0) is 9.94. The summed E-state index contributed by atoms with van der Waals surface area (Å²) >= 11 is 0. The number of quaternary nitrogens is 1. The second-order valence-corrected chi connectivity index (χ2v) is 3.24. The normalized spacial score (nSPS) is 10.0. The van der Waals surface area contributed by atoms with Gasteiger partial charge in [-0.15, -0.1) is 0 Å². The van der Waals surface area contributed by atoms with E-state index in [4.69, 9.17) is 4.74 Å². The summed E-state index contributed by atoms with van der Waals surface area (Å²) in [5.41, 5.74) is 3.67. The second-order valence-electron chi connectivity index (χ2n) is 3.24. The lowest BCUT2D eigenvalue weighted by molar-refractivity contribution is -0.368. The average Bonchev–Trinajstić information content (AvgIpc) is 2.14. The molecule has 3 N–H and O–H groups in total. The molecule has 13 heavy (non-hydrogen) atoms. The Balaban J connectivity index is 3.08. The standard InChI is InChI=1S/C10H21NO2/c1-2-3-4-5-9-13-10(12)7-6-8-11/h2-9,11H2,1H3/p+1. The van der Waals surface area contributed by atoms with E-state index < -0.39 is 0 Å². The molecular formula is C10H22NO2+. The fraction of sp³-hybridized carbons (Fsp3) is 0.900. The van der Waals surface area contributed by atoms with Gasteiger partial charge in [0.15, 0.2) is 0 Å². The lowest BCUT2D eigenvalue weighted by Crippen LogP contribution is -2.50. The Labute approximate surface area is 80.6 Å². The second kappa shape index (κ2) is 9.52. The SMILES string of the molecule is CCCCCCOC(=O)CCC[NH3+]. The largest absolute Gasteiger partial charge is 0.466 e. The Morgan fingerprint density at radius 3 is 2.62 bits per heavy atom. The van der Waals surface area contributed by atoms with Crippen LogP contribution in [0.4, 0.5) is 0 Å². The molecule has 0 rings (SSSR count). The Morgan fingerprint density at radius 2 is 2.00 bits per heavy atom. The van der Waals surface area contributed by atoms with Crippen LogP contribution in [0.1, 0.15) is 45.4 Å². The Morgan fingerprint density at radius 1 is 1.23 bits per heavy atom. The van der Waals surface area contributed by atoms with Gasteiger partial charge in [-0.05, 0) is 6.42 Å². The number of esters is 1. The lowest BCUT2D eigenvalue weighted by atomic mass is 10.2. The molecule has 0 aromatic rings. The van der Waals surface area contributed by atoms with E-state index >= 15 is 0 Å². The monoisotopic (exact) mass is 188 g/mol. The van der Waals surface area contributed by atoms with Crippen molar-refractivity contribution in [3.63, 3.8) is 0 Å². The quantitative estimate of drug-likeness (QED) is 0.458. The molecule has 0 aliphatic heterocycles. The highest BCUT2D eigenvalue weighted by atomic mass is 16.5. The van der Waals surface area contributed by atoms with Gasteiger partial charge in [0.1, 0.15) is 0 Å². The smallest absolute Gasteiger partial charge is 0.306 e. The Kier molecular flexibility index (Phi) is 9.10. The Bertz CT molecular complexity index is 126. The van der Waals surface area contributed by atoms with Gasteiger partial charge in [0.25, 0.3) is 0 Å². The molecule has 0 aliphatic carbocycles. The van der Waals surface area contributed by atoms with Gasteiger partial charge >= 0.3 is 5.97 Å². The van der Waals surface area contributed by atoms with Crippen LogP contribution in [0, 0.1) is 0 Å². The topological polar surface area (TPSA) is 53.9 Å². The Hall–Kier alpha value is -0.570. The van der Waals surface area contributed by atoms with Gasteiger partial charge < -0.3 is 10.5 Å². The first-order valence-corrected chi connectivity index (χ1v) is 5.26. The lowest BCUT2D eigenvalue weighted by Gasteiger charge is -2.02. The number of carbonyl (C=O) groups excluding carboxylic acids is 1. The number of carbonyl (C=O) groups is 1. The van der Waals surface area contributed by atoms with Crippen LogP contribution >= 0.6 is 0 Å². The molecule has 0 amide bonds. The fourth-order valence-electron chi connectivity index (χ4n) is 1.06. The molecule has 3 nitrogen and oxygen atoms in total. The van der Waals surface area contributed by atoms with E-state index in [9.17, 15) is 4.79 Å². The summed E-state index contributed by atoms with van der Waals surface area (Å²) in [6, 6.07) is 0. The first-order valence-electron chi connectivity index (χ1n) is 5.26. The van der Waals surface area contributed by atoms with Gasteiger partial charge in [-0.2, -0.15) is 0 Å². The molecule has 0 atom stereocenters. The molecular weight excluding hydrogens is 166 g/mol. The van der Waals surface area contributed by atoms with Crippen molar-refractivity contribution in [2.75, 3.05) is 13.2 Å². The minimum atomic E-state index is -0.0693. The summed E-state index contributed by atoms with van der Waals surface area (Å²) in [6.07, 6.45) is 5.99. The third-order valence-corrected chi connectivity index (χ3v) is 1.89. The van der Waals surface area contributed by atoms with Crippen molar-refractivity contribution in [3.05, 3.63) is 0 Å². The minimum Gasteiger partial charge on any atom is -0.466 e. The maximum absolute atomic E-state index is 11.0. The van der Waals surface area contributed by atoms with Crippen LogP contribution in [0.3, 0.4) is 0 Å². The zero-order valence-corrected chi connectivity index (χ0v) is 8.68. The van der Waals surface area contributed by atoms with Gasteiger partial charge in [-0.3, -0.25) is 4.79 Å². The highest BCUT2D eigenvalue weighted by molar-refractivity contribution is 5.69. The number of hydrogen-bond acceptors (Lipinski definition) is 2. The molecule has 0 fully saturated rings. The van der Waals surface area contributed by atoms with Gasteiger partial charge in [-0.25, -0.2) is 0 Å². The fourth-order valence-corrected chi connectivity index (χ4v) is 1.06. The molecule has 0 heterocycles. The summed E-state index contributed by atoms with van der Waals surface area (Å²) in [6.45, 7) is 3.57. The molecule has 0 aliphatic rings. The van der Waals surface area contributed by atoms with Crippen LogP contribution in [-0.4, -0.2) is 19.1 Å². The maximum Gasteiger partial charge on any atom is 0.306 e. The maximum atomic E-state index is 11.0. The first-order chi connectivity index (χ1) is 6.31. The highest BCUT2D eigenvalue weighted by Crippen LogP contribution is 2.00. The predicted molar refractivity (Wildman–Crippen MR) is 52.1 cm³/mol. The molecule has 0 aromatic carbocycles. The van der Waals surface area contributed by atoms with E-state index in [0.29, 0.717) is 13.0 Å². The van der Waals surface area contributed by atoms with E-state index in [2.05, 4.69) is 12.7 Å². The molecule has 0 unspecified atom stereocenters. The van der Waals surface area contributed by atoms with Gasteiger partial charge in [-0.1, -0.05) is 26.2 Å². The third-order valence-electron chi connectivity index (χ3n) is 1.89. The molecule has 0 radical (unpaired) electrons. The van der Waals surface area contributed by atoms with Crippen molar-refractivity contribution < 1.29 is 15.3 Å². The third kappa shape index (κ3) is 9.34. The van der Waals surface area contributed by atoms with Crippen LogP contribution in [0.5, 0.6) is 0 Å².